The molecule has 0 atom stereocenters. The summed E-state index contributed by atoms with van der Waals surface area (Å²) in [6.07, 6.45) is 1.28. The van der Waals surface area contributed by atoms with Crippen LogP contribution in [-0.4, -0.2) is 29.3 Å². The predicted molar refractivity (Wildman–Crippen MR) is 92.5 cm³/mol. The highest BCUT2D eigenvalue weighted by Gasteiger charge is 2.20. The van der Waals surface area contributed by atoms with Crippen LogP contribution >= 0.6 is 23.2 Å². The van der Waals surface area contributed by atoms with E-state index in [1.807, 2.05) is 4.72 Å². The number of carbonyl (C=O) groups excluding carboxylic acids is 1. The van der Waals surface area contributed by atoms with E-state index in [1.54, 1.807) is 36.4 Å². The van der Waals surface area contributed by atoms with Crippen molar-refractivity contribution in [2.75, 3.05) is 0 Å². The smallest absolute Gasteiger partial charge is 0.266 e. The summed E-state index contributed by atoms with van der Waals surface area (Å²) in [6, 6.07) is 12.2. The minimum absolute atomic E-state index is 0.0302. The van der Waals surface area contributed by atoms with Gasteiger partial charge in [-0.2, -0.15) is 0 Å². The summed E-state index contributed by atoms with van der Waals surface area (Å²) in [4.78, 5) is 12.1. The molecule has 2 aromatic carbocycles. The maximum Gasteiger partial charge on any atom is 0.287 e. The average Bonchev–Trinajstić information content (AvgIpc) is 3.04. The number of aromatic nitrogens is 3. The Morgan fingerprint density at radius 2 is 1.68 bits per heavy atom. The third kappa shape index (κ3) is 3.98. The molecule has 0 bridgehead atoms. The number of amides is 1. The van der Waals surface area contributed by atoms with E-state index in [0.717, 1.165) is 0 Å². The van der Waals surface area contributed by atoms with Crippen molar-refractivity contribution in [1.29, 1.82) is 0 Å². The molecule has 3 rings (SSSR count). The number of nitrogens with zero attached hydrogens (tertiary/aromatic N) is 3. The molecule has 0 saturated carbocycles. The molecule has 0 spiro atoms. The van der Waals surface area contributed by atoms with Gasteiger partial charge in [0.25, 0.3) is 15.9 Å². The van der Waals surface area contributed by atoms with E-state index in [-0.39, 0.29) is 10.6 Å². The van der Waals surface area contributed by atoms with E-state index in [9.17, 15) is 13.2 Å². The minimum atomic E-state index is -4.00. The van der Waals surface area contributed by atoms with Crippen LogP contribution in [0.1, 0.15) is 10.5 Å². The quantitative estimate of drug-likeness (QED) is 0.731. The van der Waals surface area contributed by atoms with Gasteiger partial charge in [-0.3, -0.25) is 4.79 Å². The second kappa shape index (κ2) is 6.83. The third-order valence-corrected chi connectivity index (χ3v) is 4.90. The van der Waals surface area contributed by atoms with Crippen molar-refractivity contribution in [3.8, 4) is 5.69 Å². The monoisotopic (exact) mass is 396 g/mol. The number of rotatable bonds is 4. The Hall–Kier alpha value is -2.42. The van der Waals surface area contributed by atoms with Gasteiger partial charge in [-0.05, 0) is 30.3 Å². The Morgan fingerprint density at radius 1 is 1.04 bits per heavy atom. The van der Waals surface area contributed by atoms with Gasteiger partial charge in [-0.1, -0.05) is 46.6 Å². The van der Waals surface area contributed by atoms with Crippen LogP contribution in [-0.2, 0) is 10.0 Å². The van der Waals surface area contributed by atoms with E-state index in [4.69, 9.17) is 23.2 Å². The second-order valence-electron chi connectivity index (χ2n) is 4.92. The molecule has 0 unspecified atom stereocenters. The zero-order chi connectivity index (χ0) is 18.0. The minimum Gasteiger partial charge on any atom is -0.266 e. The molecule has 0 aliphatic carbocycles. The zero-order valence-electron chi connectivity index (χ0n) is 12.4. The number of halogens is 2. The predicted octanol–water partition coefficient (Wildman–Crippen LogP) is 2.69. The number of hydrogen-bond donors (Lipinski definition) is 1. The molecule has 7 nitrogen and oxygen atoms in total. The van der Waals surface area contributed by atoms with E-state index in [1.165, 1.54) is 23.0 Å². The first-order valence-electron chi connectivity index (χ1n) is 6.86. The van der Waals surface area contributed by atoms with E-state index >= 15 is 0 Å². The van der Waals surface area contributed by atoms with Crippen LogP contribution in [0.3, 0.4) is 0 Å². The maximum absolute atomic E-state index is 12.2. The van der Waals surface area contributed by atoms with Crippen LogP contribution in [0.2, 0.25) is 10.0 Å². The van der Waals surface area contributed by atoms with E-state index in [2.05, 4.69) is 10.3 Å². The van der Waals surface area contributed by atoms with Crippen LogP contribution in [0.15, 0.2) is 59.6 Å². The first-order valence-corrected chi connectivity index (χ1v) is 9.10. The lowest BCUT2D eigenvalue weighted by Gasteiger charge is -2.04. The fourth-order valence-corrected chi connectivity index (χ4v) is 3.49. The van der Waals surface area contributed by atoms with Crippen molar-refractivity contribution in [2.24, 2.45) is 0 Å². The number of benzene rings is 2. The Bertz CT molecular complexity index is 1020. The lowest BCUT2D eigenvalue weighted by Crippen LogP contribution is -2.30. The molecule has 10 heteroatoms. The van der Waals surface area contributed by atoms with Gasteiger partial charge < -0.3 is 0 Å². The number of carbonyl (C=O) groups is 1. The molecule has 1 aromatic heterocycles. The Labute approximate surface area is 153 Å². The summed E-state index contributed by atoms with van der Waals surface area (Å²) < 4.78 is 27.5. The fraction of sp³-hybridized carbons (Fsp3) is 0. The van der Waals surface area contributed by atoms with Gasteiger partial charge in [-0.15, -0.1) is 5.10 Å². The molecule has 0 radical (unpaired) electrons. The van der Waals surface area contributed by atoms with Crippen molar-refractivity contribution in [3.63, 3.8) is 0 Å². The second-order valence-corrected chi connectivity index (χ2v) is 7.48. The van der Waals surface area contributed by atoms with E-state index in [0.29, 0.717) is 15.7 Å². The van der Waals surface area contributed by atoms with Crippen LogP contribution in [0.5, 0.6) is 0 Å². The third-order valence-electron chi connectivity index (χ3n) is 3.12. The van der Waals surface area contributed by atoms with Crippen LogP contribution < -0.4 is 4.72 Å². The van der Waals surface area contributed by atoms with E-state index < -0.39 is 15.9 Å². The highest BCUT2D eigenvalue weighted by molar-refractivity contribution is 7.90. The number of hydrogen-bond acceptors (Lipinski definition) is 5. The summed E-state index contributed by atoms with van der Waals surface area (Å²) in [7, 11) is -4.00. The summed E-state index contributed by atoms with van der Waals surface area (Å²) in [5.74, 6) is -0.900. The lowest BCUT2D eigenvalue weighted by atomic mass is 10.3. The standard InChI is InChI=1S/C15H10Cl2N4O3S/c16-10-6-11(17)8-12(7-10)21-9-14(18-20-21)15(22)19-25(23,24)13-4-2-1-3-5-13/h1-9H,(H,19,22). The fourth-order valence-electron chi connectivity index (χ4n) is 2.00. The summed E-state index contributed by atoms with van der Waals surface area (Å²) in [5.41, 5.74) is 0.311. The largest absolute Gasteiger partial charge is 0.287 e. The van der Waals surface area contributed by atoms with Crippen molar-refractivity contribution in [1.82, 2.24) is 19.7 Å². The van der Waals surface area contributed by atoms with Gasteiger partial charge in [-0.25, -0.2) is 17.8 Å². The molecular formula is C15H10Cl2N4O3S. The first kappa shape index (κ1) is 17.4. The molecular weight excluding hydrogens is 387 g/mol. The summed E-state index contributed by atoms with van der Waals surface area (Å²) >= 11 is 11.8. The molecule has 1 heterocycles. The van der Waals surface area contributed by atoms with Gasteiger partial charge in [0, 0.05) is 10.0 Å². The zero-order valence-corrected chi connectivity index (χ0v) is 14.8. The van der Waals surface area contributed by atoms with Crippen molar-refractivity contribution < 1.29 is 13.2 Å². The topological polar surface area (TPSA) is 94.0 Å². The normalized spacial score (nSPS) is 11.3. The molecule has 0 aliphatic heterocycles. The summed E-state index contributed by atoms with van der Waals surface area (Å²) in [5, 5.41) is 8.24. The van der Waals surface area contributed by atoms with Crippen molar-refractivity contribution in [3.05, 3.63) is 70.5 Å². The van der Waals surface area contributed by atoms with Gasteiger partial charge in [0.2, 0.25) is 0 Å². The Kier molecular flexibility index (Phi) is 4.76. The Balaban J connectivity index is 1.84. The highest BCUT2D eigenvalue weighted by Crippen LogP contribution is 2.21. The van der Waals surface area contributed by atoms with Crippen LogP contribution in [0.4, 0.5) is 0 Å². The van der Waals surface area contributed by atoms with Crippen molar-refractivity contribution >= 4 is 39.1 Å². The van der Waals surface area contributed by atoms with Crippen molar-refractivity contribution in [2.45, 2.75) is 4.90 Å². The highest BCUT2D eigenvalue weighted by atomic mass is 35.5. The van der Waals surface area contributed by atoms with Crippen LogP contribution in [0, 0.1) is 0 Å². The molecule has 1 amide bonds. The molecule has 0 aliphatic rings. The molecule has 0 fully saturated rings. The Morgan fingerprint density at radius 3 is 2.32 bits per heavy atom. The number of nitrogens with one attached hydrogen (secondary N) is 1. The molecule has 3 aromatic rings. The average molecular weight is 397 g/mol. The molecule has 1 N–H and O–H groups in total. The SMILES string of the molecule is O=C(NS(=O)(=O)c1ccccc1)c1cn(-c2cc(Cl)cc(Cl)c2)nn1. The molecule has 25 heavy (non-hydrogen) atoms. The van der Waals surface area contributed by atoms with Gasteiger partial charge in [0.05, 0.1) is 16.8 Å². The van der Waals surface area contributed by atoms with Crippen LogP contribution in [0.25, 0.3) is 5.69 Å². The van der Waals surface area contributed by atoms with Gasteiger partial charge >= 0.3 is 0 Å². The maximum atomic E-state index is 12.2. The van der Waals surface area contributed by atoms with Gasteiger partial charge in [0.1, 0.15) is 0 Å². The lowest BCUT2D eigenvalue weighted by molar-refractivity contribution is 0.0976. The molecule has 128 valence electrons. The first-order chi connectivity index (χ1) is 11.8. The number of sulfonamides is 1. The van der Waals surface area contributed by atoms with Gasteiger partial charge in [0.15, 0.2) is 5.69 Å². The molecule has 0 saturated heterocycles. The summed E-state index contributed by atoms with van der Waals surface area (Å²) in [6.45, 7) is 0.